The zero-order chi connectivity index (χ0) is 11.4. The number of hydrogen-bond acceptors (Lipinski definition) is 4. The van der Waals surface area contributed by atoms with E-state index in [1.54, 1.807) is 6.33 Å². The molecule has 5 nitrogen and oxygen atoms in total. The predicted octanol–water partition coefficient (Wildman–Crippen LogP) is 0.611. The number of aryl methyl sites for hydroxylation is 1. The summed E-state index contributed by atoms with van der Waals surface area (Å²) in [6.45, 7) is 5.75. The molecular formula is C11H21N5. The van der Waals surface area contributed by atoms with E-state index in [4.69, 9.17) is 5.73 Å². The summed E-state index contributed by atoms with van der Waals surface area (Å²) in [6, 6.07) is 0.524. The Labute approximate surface area is 96.6 Å². The molecule has 1 aromatic rings. The van der Waals surface area contributed by atoms with Crippen molar-refractivity contribution in [2.75, 3.05) is 13.1 Å². The van der Waals surface area contributed by atoms with Crippen molar-refractivity contribution in [2.45, 2.75) is 45.3 Å². The second-order valence-electron chi connectivity index (χ2n) is 4.35. The van der Waals surface area contributed by atoms with Crippen LogP contribution in [-0.4, -0.2) is 38.8 Å². The first-order chi connectivity index (χ1) is 7.85. The third-order valence-electron chi connectivity index (χ3n) is 3.36. The number of likely N-dealkylation sites (tertiary alicyclic amines) is 1. The summed E-state index contributed by atoms with van der Waals surface area (Å²) in [4.78, 5) is 6.76. The van der Waals surface area contributed by atoms with Crippen molar-refractivity contribution in [1.29, 1.82) is 0 Å². The molecule has 1 unspecified atom stereocenters. The third-order valence-corrected chi connectivity index (χ3v) is 3.36. The van der Waals surface area contributed by atoms with Crippen molar-refractivity contribution in [3.05, 3.63) is 12.2 Å². The number of hydrogen-bond donors (Lipinski definition) is 1. The molecule has 0 saturated carbocycles. The van der Waals surface area contributed by atoms with Crippen LogP contribution in [0, 0.1) is 0 Å². The summed E-state index contributed by atoms with van der Waals surface area (Å²) in [5.41, 5.74) is 5.81. The van der Waals surface area contributed by atoms with Crippen LogP contribution in [0.5, 0.6) is 0 Å². The summed E-state index contributed by atoms with van der Waals surface area (Å²) in [6.07, 6.45) is 5.44. The van der Waals surface area contributed by atoms with Crippen molar-refractivity contribution in [3.63, 3.8) is 0 Å². The van der Waals surface area contributed by atoms with Crippen LogP contribution < -0.4 is 5.73 Å². The lowest BCUT2D eigenvalue weighted by atomic mass is 10.0. The van der Waals surface area contributed by atoms with E-state index < -0.39 is 0 Å². The Morgan fingerprint density at radius 2 is 2.38 bits per heavy atom. The molecule has 2 N–H and O–H groups in total. The van der Waals surface area contributed by atoms with Crippen molar-refractivity contribution >= 4 is 0 Å². The zero-order valence-corrected chi connectivity index (χ0v) is 9.97. The van der Waals surface area contributed by atoms with Crippen LogP contribution in [0.2, 0.25) is 0 Å². The molecular weight excluding hydrogens is 202 g/mol. The Morgan fingerprint density at radius 1 is 1.50 bits per heavy atom. The first-order valence-electron chi connectivity index (χ1n) is 6.16. The van der Waals surface area contributed by atoms with Gasteiger partial charge in [0.1, 0.15) is 12.2 Å². The summed E-state index contributed by atoms with van der Waals surface area (Å²) in [7, 11) is 0. The van der Waals surface area contributed by atoms with Gasteiger partial charge in [0.2, 0.25) is 0 Å². The van der Waals surface area contributed by atoms with Gasteiger partial charge in [-0.2, -0.15) is 5.10 Å². The van der Waals surface area contributed by atoms with E-state index in [0.29, 0.717) is 6.04 Å². The number of piperidine rings is 1. The lowest BCUT2D eigenvalue weighted by molar-refractivity contribution is 0.139. The highest BCUT2D eigenvalue weighted by Crippen LogP contribution is 2.17. The molecule has 1 aliphatic rings. The van der Waals surface area contributed by atoms with Crippen LogP contribution in [0.4, 0.5) is 0 Å². The van der Waals surface area contributed by atoms with Gasteiger partial charge in [0, 0.05) is 19.1 Å². The van der Waals surface area contributed by atoms with E-state index in [9.17, 15) is 0 Å². The molecule has 0 bridgehead atoms. The lowest BCUT2D eigenvalue weighted by Crippen LogP contribution is -2.43. The van der Waals surface area contributed by atoms with Crippen LogP contribution in [0.15, 0.2) is 6.33 Å². The van der Waals surface area contributed by atoms with E-state index in [2.05, 4.69) is 21.9 Å². The minimum Gasteiger partial charge on any atom is -0.329 e. The molecule has 1 aliphatic heterocycles. The first-order valence-corrected chi connectivity index (χ1v) is 6.16. The second-order valence-corrected chi connectivity index (χ2v) is 4.35. The Kier molecular flexibility index (Phi) is 3.90. The molecule has 0 amide bonds. The molecule has 1 aromatic heterocycles. The molecule has 5 heteroatoms. The largest absolute Gasteiger partial charge is 0.329 e. The van der Waals surface area contributed by atoms with E-state index >= 15 is 0 Å². The van der Waals surface area contributed by atoms with Gasteiger partial charge in [-0.1, -0.05) is 6.42 Å². The average molecular weight is 223 g/mol. The summed E-state index contributed by atoms with van der Waals surface area (Å²) in [5.74, 6) is 1.06. The fourth-order valence-corrected chi connectivity index (χ4v) is 2.39. The molecule has 0 radical (unpaired) electrons. The van der Waals surface area contributed by atoms with Gasteiger partial charge in [-0.25, -0.2) is 9.67 Å². The van der Waals surface area contributed by atoms with Gasteiger partial charge >= 0.3 is 0 Å². The Bertz CT molecular complexity index is 322. The molecule has 2 heterocycles. The van der Waals surface area contributed by atoms with E-state index in [-0.39, 0.29) is 0 Å². The smallest absolute Gasteiger partial charge is 0.141 e. The van der Waals surface area contributed by atoms with Gasteiger partial charge < -0.3 is 5.73 Å². The highest BCUT2D eigenvalue weighted by atomic mass is 15.3. The Hall–Kier alpha value is -0.940. The number of aromatic nitrogens is 3. The number of rotatable bonds is 4. The molecule has 2 rings (SSSR count). The molecule has 0 aliphatic carbocycles. The van der Waals surface area contributed by atoms with Gasteiger partial charge in [-0.15, -0.1) is 0 Å². The monoisotopic (exact) mass is 223 g/mol. The van der Waals surface area contributed by atoms with Crippen molar-refractivity contribution < 1.29 is 0 Å². The van der Waals surface area contributed by atoms with Crippen LogP contribution in [0.25, 0.3) is 0 Å². The normalized spacial score (nSPS) is 22.5. The SMILES string of the molecule is CCn1ncnc1CN1CCCCC1CN. The minimum atomic E-state index is 0.524. The molecule has 1 saturated heterocycles. The standard InChI is InChI=1S/C11H21N5/c1-2-16-11(13-9-14-16)8-15-6-4-3-5-10(15)7-12/h9-10H,2-8,12H2,1H3. The van der Waals surface area contributed by atoms with Crippen LogP contribution in [-0.2, 0) is 13.1 Å². The molecule has 90 valence electrons. The fourth-order valence-electron chi connectivity index (χ4n) is 2.39. The van der Waals surface area contributed by atoms with Crippen molar-refractivity contribution in [2.24, 2.45) is 5.73 Å². The molecule has 0 spiro atoms. The second kappa shape index (κ2) is 5.41. The predicted molar refractivity (Wildman–Crippen MR) is 62.8 cm³/mol. The van der Waals surface area contributed by atoms with Gasteiger partial charge in [0.15, 0.2) is 0 Å². The molecule has 1 fully saturated rings. The van der Waals surface area contributed by atoms with Gasteiger partial charge in [0.05, 0.1) is 6.54 Å². The van der Waals surface area contributed by atoms with E-state index in [1.165, 1.54) is 19.3 Å². The first kappa shape index (κ1) is 11.5. The fraction of sp³-hybridized carbons (Fsp3) is 0.818. The van der Waals surface area contributed by atoms with E-state index in [0.717, 1.165) is 32.0 Å². The maximum absolute atomic E-state index is 5.81. The molecule has 16 heavy (non-hydrogen) atoms. The maximum atomic E-state index is 5.81. The van der Waals surface area contributed by atoms with Gasteiger partial charge in [-0.3, -0.25) is 4.90 Å². The Morgan fingerprint density at radius 3 is 3.12 bits per heavy atom. The van der Waals surface area contributed by atoms with Gasteiger partial charge in [0.25, 0.3) is 0 Å². The van der Waals surface area contributed by atoms with E-state index in [1.807, 2.05) is 4.68 Å². The van der Waals surface area contributed by atoms with Crippen LogP contribution in [0.3, 0.4) is 0 Å². The third kappa shape index (κ3) is 2.41. The average Bonchev–Trinajstić information content (AvgIpc) is 2.77. The summed E-state index contributed by atoms with van der Waals surface area (Å²) < 4.78 is 1.96. The van der Waals surface area contributed by atoms with Crippen LogP contribution >= 0.6 is 0 Å². The van der Waals surface area contributed by atoms with Crippen molar-refractivity contribution in [1.82, 2.24) is 19.7 Å². The van der Waals surface area contributed by atoms with Crippen molar-refractivity contribution in [3.8, 4) is 0 Å². The minimum absolute atomic E-state index is 0.524. The number of nitrogens with two attached hydrogens (primary N) is 1. The molecule has 0 aromatic carbocycles. The highest BCUT2D eigenvalue weighted by molar-refractivity contribution is 4.88. The quantitative estimate of drug-likeness (QED) is 0.812. The lowest BCUT2D eigenvalue weighted by Gasteiger charge is -2.34. The maximum Gasteiger partial charge on any atom is 0.141 e. The molecule has 1 atom stereocenters. The summed E-state index contributed by atoms with van der Waals surface area (Å²) in [5, 5.41) is 4.20. The van der Waals surface area contributed by atoms with Crippen LogP contribution in [0.1, 0.15) is 32.0 Å². The topological polar surface area (TPSA) is 60.0 Å². The van der Waals surface area contributed by atoms with Gasteiger partial charge in [-0.05, 0) is 26.3 Å². The Balaban J connectivity index is 2.02. The zero-order valence-electron chi connectivity index (χ0n) is 9.97. The summed E-state index contributed by atoms with van der Waals surface area (Å²) >= 11 is 0. The highest BCUT2D eigenvalue weighted by Gasteiger charge is 2.22. The number of nitrogens with zero attached hydrogens (tertiary/aromatic N) is 4.